The maximum Gasteiger partial charge on any atom is 0.306 e. The molecule has 6 heteroatoms. The zero-order valence-corrected chi connectivity index (χ0v) is 49.4. The van der Waals surface area contributed by atoms with E-state index in [9.17, 15) is 14.4 Å². The number of hydrogen-bond donors (Lipinski definition) is 0. The third-order valence-electron chi connectivity index (χ3n) is 12.5. The Morgan fingerprint density at radius 2 is 0.494 bits per heavy atom. The van der Waals surface area contributed by atoms with Crippen LogP contribution < -0.4 is 0 Å². The fourth-order valence-corrected chi connectivity index (χ4v) is 8.00. The Bertz CT molecular complexity index is 1740. The molecular weight excluding hydrogens is 949 g/mol. The average Bonchev–Trinajstić information content (AvgIpc) is 3.43. The van der Waals surface area contributed by atoms with Crippen LogP contribution in [0.15, 0.2) is 158 Å². The summed E-state index contributed by atoms with van der Waals surface area (Å²) in [6, 6.07) is 0. The van der Waals surface area contributed by atoms with Gasteiger partial charge in [-0.25, -0.2) is 0 Å². The molecule has 0 N–H and O–H groups in total. The molecule has 432 valence electrons. The molecule has 0 saturated carbocycles. The maximum atomic E-state index is 12.9. The second kappa shape index (κ2) is 63.6. The Balaban J connectivity index is 4.31. The average molecular weight is 1060 g/mol. The van der Waals surface area contributed by atoms with Gasteiger partial charge < -0.3 is 14.2 Å². The lowest BCUT2D eigenvalue weighted by Crippen LogP contribution is -2.30. The smallest absolute Gasteiger partial charge is 0.306 e. The van der Waals surface area contributed by atoms with Gasteiger partial charge in [-0.2, -0.15) is 0 Å². The summed E-state index contributed by atoms with van der Waals surface area (Å²) in [6.45, 7) is 6.21. The summed E-state index contributed by atoms with van der Waals surface area (Å²) in [7, 11) is 0. The third-order valence-corrected chi connectivity index (χ3v) is 12.5. The van der Waals surface area contributed by atoms with Gasteiger partial charge in [0.2, 0.25) is 0 Å². The lowest BCUT2D eigenvalue weighted by atomic mass is 10.0. The van der Waals surface area contributed by atoms with E-state index < -0.39 is 6.10 Å². The number of ether oxygens (including phenoxy) is 3. The monoisotopic (exact) mass is 1060 g/mol. The highest BCUT2D eigenvalue weighted by atomic mass is 16.6. The summed E-state index contributed by atoms with van der Waals surface area (Å²) < 4.78 is 16.8. The van der Waals surface area contributed by atoms with Crippen LogP contribution in [0, 0.1) is 0 Å². The first kappa shape index (κ1) is 72.0. The molecule has 1 unspecified atom stereocenters. The fraction of sp³-hybridized carbons (Fsp3) is 0.592. The van der Waals surface area contributed by atoms with Crippen molar-refractivity contribution in [2.75, 3.05) is 13.2 Å². The van der Waals surface area contributed by atoms with Crippen molar-refractivity contribution in [2.45, 2.75) is 258 Å². The molecule has 0 aliphatic carbocycles. The van der Waals surface area contributed by atoms with Crippen molar-refractivity contribution in [3.05, 3.63) is 158 Å². The number of allylic oxidation sites excluding steroid dienone is 26. The van der Waals surface area contributed by atoms with Crippen LogP contribution in [0.5, 0.6) is 0 Å². The van der Waals surface area contributed by atoms with E-state index in [2.05, 4.69) is 167 Å². The summed E-state index contributed by atoms with van der Waals surface area (Å²) >= 11 is 0. The van der Waals surface area contributed by atoms with Gasteiger partial charge in [-0.3, -0.25) is 14.4 Å². The summed E-state index contributed by atoms with van der Waals surface area (Å²) in [5.41, 5.74) is 0. The predicted octanol–water partition coefficient (Wildman–Crippen LogP) is 21.3. The lowest BCUT2D eigenvalue weighted by Gasteiger charge is -2.18. The molecule has 0 aromatic carbocycles. The van der Waals surface area contributed by atoms with Crippen LogP contribution in [0.4, 0.5) is 0 Å². The van der Waals surface area contributed by atoms with E-state index in [-0.39, 0.29) is 44.0 Å². The van der Waals surface area contributed by atoms with Crippen LogP contribution in [-0.2, 0) is 28.6 Å². The Labute approximate surface area is 473 Å². The topological polar surface area (TPSA) is 78.9 Å². The Kier molecular flexibility index (Phi) is 59.5. The highest BCUT2D eigenvalue weighted by molar-refractivity contribution is 5.71. The highest BCUT2D eigenvalue weighted by Gasteiger charge is 2.19. The number of carbonyl (C=O) groups excluding carboxylic acids is 3. The van der Waals surface area contributed by atoms with Crippen LogP contribution in [0.1, 0.15) is 252 Å². The van der Waals surface area contributed by atoms with Crippen molar-refractivity contribution in [2.24, 2.45) is 0 Å². The number of hydrogen-bond acceptors (Lipinski definition) is 6. The van der Waals surface area contributed by atoms with Crippen LogP contribution in [-0.4, -0.2) is 37.2 Å². The quantitative estimate of drug-likeness (QED) is 0.0261. The summed E-state index contributed by atoms with van der Waals surface area (Å²) in [6.07, 6.45) is 92.7. The van der Waals surface area contributed by atoms with E-state index >= 15 is 0 Å². The molecule has 0 radical (unpaired) electrons. The number of unbranched alkanes of at least 4 members (excludes halogenated alkanes) is 17. The molecule has 6 nitrogen and oxygen atoms in total. The van der Waals surface area contributed by atoms with Crippen molar-refractivity contribution < 1.29 is 28.6 Å². The van der Waals surface area contributed by atoms with E-state index in [0.717, 1.165) is 141 Å². The zero-order chi connectivity index (χ0) is 55.7. The van der Waals surface area contributed by atoms with Crippen LogP contribution in [0.3, 0.4) is 0 Å². The van der Waals surface area contributed by atoms with E-state index in [0.29, 0.717) is 12.8 Å². The number of esters is 3. The van der Waals surface area contributed by atoms with Gasteiger partial charge in [0, 0.05) is 19.3 Å². The zero-order valence-electron chi connectivity index (χ0n) is 49.4. The minimum absolute atomic E-state index is 0.114. The normalized spacial score (nSPS) is 13.2. The largest absolute Gasteiger partial charge is 0.462 e. The van der Waals surface area contributed by atoms with Gasteiger partial charge in [0.05, 0.1) is 0 Å². The van der Waals surface area contributed by atoms with Crippen molar-refractivity contribution in [1.29, 1.82) is 0 Å². The van der Waals surface area contributed by atoms with Crippen LogP contribution in [0.25, 0.3) is 0 Å². The van der Waals surface area contributed by atoms with Crippen molar-refractivity contribution >= 4 is 17.9 Å². The van der Waals surface area contributed by atoms with E-state index in [4.69, 9.17) is 14.2 Å². The Morgan fingerprint density at radius 3 is 0.805 bits per heavy atom. The Morgan fingerprint density at radius 1 is 0.260 bits per heavy atom. The van der Waals surface area contributed by atoms with Gasteiger partial charge in [-0.15, -0.1) is 0 Å². The standard InChI is InChI=1S/C71H112O6/c1-4-7-10-13-16-19-22-25-27-28-29-30-31-32-33-34-35-36-37-38-39-40-41-42-44-46-49-52-55-58-61-64-70(73)76-67-68(66-75-69(72)63-60-57-54-51-48-45-24-21-18-15-12-9-6-3)77-71(74)65-62-59-56-53-50-47-43-26-23-20-17-14-11-8-5-2/h7-12,16-21,25-27,29-30,32-33,35-36,43,45,48,54,57,68H,4-6,13-15,22-24,28,31,34,37-42,44,46-47,49-53,55-56,58-67H2,1-3H3/b10-7-,11-8-,12-9-,19-16-,20-17-,21-18-,27-25-,30-29-,33-32-,36-35-,43-26-,48-45-,57-54-. The summed E-state index contributed by atoms with van der Waals surface area (Å²) in [5, 5.41) is 0. The van der Waals surface area contributed by atoms with Gasteiger partial charge in [0.15, 0.2) is 6.10 Å². The van der Waals surface area contributed by atoms with E-state index in [1.54, 1.807) is 0 Å². The second-order valence-corrected chi connectivity index (χ2v) is 19.8. The molecule has 0 aromatic heterocycles. The molecule has 77 heavy (non-hydrogen) atoms. The van der Waals surface area contributed by atoms with Crippen molar-refractivity contribution in [3.8, 4) is 0 Å². The lowest BCUT2D eigenvalue weighted by molar-refractivity contribution is -0.166. The first-order valence-corrected chi connectivity index (χ1v) is 31.0. The molecule has 0 aliphatic heterocycles. The van der Waals surface area contributed by atoms with Gasteiger partial charge in [0.1, 0.15) is 13.2 Å². The van der Waals surface area contributed by atoms with Crippen LogP contribution >= 0.6 is 0 Å². The minimum atomic E-state index is -0.824. The van der Waals surface area contributed by atoms with Crippen molar-refractivity contribution in [1.82, 2.24) is 0 Å². The molecule has 0 heterocycles. The number of rotatable bonds is 54. The molecule has 0 spiro atoms. The first-order valence-electron chi connectivity index (χ1n) is 31.0. The molecule has 0 amide bonds. The molecule has 0 aromatic rings. The van der Waals surface area contributed by atoms with Crippen molar-refractivity contribution in [3.63, 3.8) is 0 Å². The molecule has 0 saturated heterocycles. The van der Waals surface area contributed by atoms with E-state index in [1.807, 2.05) is 12.2 Å². The van der Waals surface area contributed by atoms with Gasteiger partial charge >= 0.3 is 17.9 Å². The SMILES string of the molecule is CC/C=C\C/C=C\C/C=C\C/C=C\C/C=C\C/C=C\CCCCCCCCCCCCCCC(=O)OCC(COC(=O)CC/C=C\C/C=C\C/C=C\C/C=C\CC)OC(=O)CCCCCCC/C=C\C/C=C\C/C=C\CC. The molecule has 0 bridgehead atoms. The fourth-order valence-electron chi connectivity index (χ4n) is 8.00. The maximum absolute atomic E-state index is 12.9. The number of carbonyl (C=O) groups is 3. The predicted molar refractivity (Wildman–Crippen MR) is 334 cm³/mol. The van der Waals surface area contributed by atoms with Crippen LogP contribution in [0.2, 0.25) is 0 Å². The highest BCUT2D eigenvalue weighted by Crippen LogP contribution is 2.15. The Hall–Kier alpha value is -4.97. The molecule has 0 rings (SSSR count). The minimum Gasteiger partial charge on any atom is -0.462 e. The first-order chi connectivity index (χ1) is 38.0. The molecule has 0 fully saturated rings. The van der Waals surface area contributed by atoms with Gasteiger partial charge in [-0.05, 0) is 128 Å². The second-order valence-electron chi connectivity index (χ2n) is 19.8. The third kappa shape index (κ3) is 61.8. The summed E-state index contributed by atoms with van der Waals surface area (Å²) in [4.78, 5) is 38.2. The molecule has 1 atom stereocenters. The molecular formula is C71H112O6. The van der Waals surface area contributed by atoms with Gasteiger partial charge in [-0.1, -0.05) is 262 Å². The van der Waals surface area contributed by atoms with Gasteiger partial charge in [0.25, 0.3) is 0 Å². The molecule has 0 aliphatic rings. The summed E-state index contributed by atoms with van der Waals surface area (Å²) in [5.74, 6) is -1.02. The van der Waals surface area contributed by atoms with E-state index in [1.165, 1.54) is 64.2 Å².